The van der Waals surface area contributed by atoms with Crippen molar-refractivity contribution in [2.45, 2.75) is 36.1 Å². The highest BCUT2D eigenvalue weighted by atomic mass is 16.7. The standard InChI is InChI=1S/C26H25NO8/c28-13-20-21(30)22(31)23(32)24(35-20)34-15-10-11-19(29)17(12-15)26(14-6-2-1-3-7-14)16-8-4-5-9-18(16)27-25(26)33/h1-12,20-24,28-32H,13H2,(H,27,33). The van der Waals surface area contributed by atoms with Gasteiger partial charge in [-0.3, -0.25) is 4.79 Å². The van der Waals surface area contributed by atoms with E-state index >= 15 is 0 Å². The Morgan fingerprint density at radius 3 is 2.34 bits per heavy atom. The molecular formula is C26H25NO8. The van der Waals surface area contributed by atoms with Gasteiger partial charge in [0.15, 0.2) is 0 Å². The van der Waals surface area contributed by atoms with Crippen LogP contribution in [0.25, 0.3) is 0 Å². The van der Waals surface area contributed by atoms with E-state index in [1.807, 2.05) is 18.2 Å². The molecule has 35 heavy (non-hydrogen) atoms. The number of nitrogens with one attached hydrogen (secondary N) is 1. The van der Waals surface area contributed by atoms with E-state index in [-0.39, 0.29) is 23.0 Å². The molecule has 2 heterocycles. The number of para-hydroxylation sites is 1. The van der Waals surface area contributed by atoms with Crippen LogP contribution in [-0.4, -0.2) is 68.8 Å². The van der Waals surface area contributed by atoms with Gasteiger partial charge < -0.3 is 40.3 Å². The molecule has 0 radical (unpaired) electrons. The van der Waals surface area contributed by atoms with Gasteiger partial charge in [0.2, 0.25) is 12.2 Å². The monoisotopic (exact) mass is 479 g/mol. The first-order valence-corrected chi connectivity index (χ1v) is 11.1. The normalized spacial score (nSPS) is 29.9. The third kappa shape index (κ3) is 3.65. The molecule has 9 nitrogen and oxygen atoms in total. The molecule has 1 fully saturated rings. The number of hydrogen-bond donors (Lipinski definition) is 6. The van der Waals surface area contributed by atoms with E-state index in [9.17, 15) is 30.3 Å². The number of anilines is 1. The van der Waals surface area contributed by atoms with Crippen molar-refractivity contribution >= 4 is 11.6 Å². The lowest BCUT2D eigenvalue weighted by Gasteiger charge is -2.39. The van der Waals surface area contributed by atoms with Crippen LogP contribution in [0.3, 0.4) is 0 Å². The molecule has 0 aromatic heterocycles. The summed E-state index contributed by atoms with van der Waals surface area (Å²) in [6.45, 7) is -0.598. The van der Waals surface area contributed by atoms with E-state index in [0.717, 1.165) is 0 Å². The summed E-state index contributed by atoms with van der Waals surface area (Å²) in [7, 11) is 0. The van der Waals surface area contributed by atoms with Gasteiger partial charge >= 0.3 is 0 Å². The van der Waals surface area contributed by atoms with Crippen LogP contribution >= 0.6 is 0 Å². The number of hydrogen-bond acceptors (Lipinski definition) is 8. The summed E-state index contributed by atoms with van der Waals surface area (Å²) in [5.41, 5.74) is 0.741. The van der Waals surface area contributed by atoms with Crippen molar-refractivity contribution in [1.82, 2.24) is 0 Å². The lowest BCUT2D eigenvalue weighted by Crippen LogP contribution is -2.60. The Morgan fingerprint density at radius 1 is 0.886 bits per heavy atom. The van der Waals surface area contributed by atoms with Gasteiger partial charge in [0.1, 0.15) is 41.3 Å². The highest BCUT2D eigenvalue weighted by Crippen LogP contribution is 2.50. The fraction of sp³-hybridized carbons (Fsp3) is 0.269. The molecule has 6 atom stereocenters. The second-order valence-corrected chi connectivity index (χ2v) is 8.61. The van der Waals surface area contributed by atoms with Crippen molar-refractivity contribution in [3.63, 3.8) is 0 Å². The molecule has 0 aliphatic carbocycles. The smallest absolute Gasteiger partial charge is 0.244 e. The molecule has 5 rings (SSSR count). The van der Waals surface area contributed by atoms with E-state index in [4.69, 9.17) is 9.47 Å². The minimum absolute atomic E-state index is 0.134. The zero-order chi connectivity index (χ0) is 24.7. The quantitative estimate of drug-likeness (QED) is 0.316. The average Bonchev–Trinajstić information content (AvgIpc) is 3.18. The Labute approximate surface area is 200 Å². The van der Waals surface area contributed by atoms with Crippen molar-refractivity contribution in [3.8, 4) is 11.5 Å². The fourth-order valence-electron chi connectivity index (χ4n) is 4.84. The molecule has 182 valence electrons. The second-order valence-electron chi connectivity index (χ2n) is 8.61. The molecule has 3 aromatic rings. The molecule has 2 aliphatic rings. The van der Waals surface area contributed by atoms with Crippen LogP contribution in [-0.2, 0) is 14.9 Å². The highest BCUT2D eigenvalue weighted by molar-refractivity contribution is 6.11. The summed E-state index contributed by atoms with van der Waals surface area (Å²) in [5, 5.41) is 53.8. The number of carbonyl (C=O) groups is 1. The number of benzene rings is 3. The minimum Gasteiger partial charge on any atom is -0.508 e. The van der Waals surface area contributed by atoms with Crippen LogP contribution in [0.15, 0.2) is 72.8 Å². The Morgan fingerprint density at radius 2 is 1.60 bits per heavy atom. The highest BCUT2D eigenvalue weighted by Gasteiger charge is 2.51. The largest absolute Gasteiger partial charge is 0.508 e. The van der Waals surface area contributed by atoms with Crippen LogP contribution in [0.5, 0.6) is 11.5 Å². The molecule has 9 heteroatoms. The zero-order valence-electron chi connectivity index (χ0n) is 18.5. The van der Waals surface area contributed by atoms with Crippen LogP contribution in [0.2, 0.25) is 0 Å². The number of aliphatic hydroxyl groups excluding tert-OH is 4. The summed E-state index contributed by atoms with van der Waals surface area (Å²) in [6, 6.07) is 20.5. The molecule has 6 N–H and O–H groups in total. The summed E-state index contributed by atoms with van der Waals surface area (Å²) in [4.78, 5) is 13.6. The first-order chi connectivity index (χ1) is 16.9. The SMILES string of the molecule is O=C1Nc2ccccc2C1(c1ccccc1)c1cc(OC2OC(CO)C(O)C(O)C2O)ccc1O. The number of ether oxygens (including phenoxy) is 2. The van der Waals surface area contributed by atoms with E-state index in [1.165, 1.54) is 18.2 Å². The first-order valence-electron chi connectivity index (χ1n) is 11.1. The average molecular weight is 479 g/mol. The summed E-state index contributed by atoms with van der Waals surface area (Å²) in [6.07, 6.45) is -7.29. The molecular weight excluding hydrogens is 454 g/mol. The Kier molecular flexibility index (Phi) is 5.96. The molecule has 2 aliphatic heterocycles. The molecule has 0 bridgehead atoms. The Balaban J connectivity index is 1.61. The van der Waals surface area contributed by atoms with Gasteiger partial charge in [0.05, 0.1) is 6.61 Å². The van der Waals surface area contributed by atoms with Crippen LogP contribution in [0.1, 0.15) is 16.7 Å². The second kappa shape index (κ2) is 8.95. The van der Waals surface area contributed by atoms with Gasteiger partial charge in [-0.05, 0) is 29.8 Å². The first kappa shape index (κ1) is 23.3. The van der Waals surface area contributed by atoms with Crippen molar-refractivity contribution < 1.29 is 39.8 Å². The number of phenolic OH excluding ortho intramolecular Hbond substituents is 1. The maximum atomic E-state index is 13.6. The van der Waals surface area contributed by atoms with Gasteiger partial charge in [0.25, 0.3) is 0 Å². The third-order valence-corrected chi connectivity index (χ3v) is 6.60. The summed E-state index contributed by atoms with van der Waals surface area (Å²) in [5.74, 6) is -0.373. The molecule has 0 saturated carbocycles. The number of rotatable bonds is 5. The van der Waals surface area contributed by atoms with Gasteiger partial charge in [-0.1, -0.05) is 48.5 Å². The molecule has 3 aromatic carbocycles. The number of aromatic hydroxyl groups is 1. The lowest BCUT2D eigenvalue weighted by molar-refractivity contribution is -0.277. The number of aliphatic hydroxyl groups is 4. The maximum Gasteiger partial charge on any atom is 0.244 e. The van der Waals surface area contributed by atoms with E-state index in [1.54, 1.807) is 36.4 Å². The Hall–Kier alpha value is -3.47. The van der Waals surface area contributed by atoms with Crippen LogP contribution in [0, 0.1) is 0 Å². The molecule has 1 amide bonds. The van der Waals surface area contributed by atoms with Gasteiger partial charge in [-0.2, -0.15) is 0 Å². The van der Waals surface area contributed by atoms with Crippen LogP contribution < -0.4 is 10.1 Å². The van der Waals surface area contributed by atoms with Gasteiger partial charge in [0, 0.05) is 16.8 Å². The number of phenols is 1. The molecule has 1 saturated heterocycles. The zero-order valence-corrected chi connectivity index (χ0v) is 18.5. The van der Waals surface area contributed by atoms with Crippen molar-refractivity contribution in [3.05, 3.63) is 89.5 Å². The number of carbonyl (C=O) groups excluding carboxylic acids is 1. The van der Waals surface area contributed by atoms with E-state index in [2.05, 4.69) is 5.32 Å². The topological polar surface area (TPSA) is 149 Å². The van der Waals surface area contributed by atoms with Gasteiger partial charge in [-0.25, -0.2) is 0 Å². The predicted octanol–water partition coefficient (Wildman–Crippen LogP) is 0.857. The van der Waals surface area contributed by atoms with E-state index in [0.29, 0.717) is 16.8 Å². The summed E-state index contributed by atoms with van der Waals surface area (Å²) >= 11 is 0. The van der Waals surface area contributed by atoms with Crippen molar-refractivity contribution in [2.75, 3.05) is 11.9 Å². The summed E-state index contributed by atoms with van der Waals surface area (Å²) < 4.78 is 11.2. The number of amides is 1. The third-order valence-electron chi connectivity index (χ3n) is 6.60. The van der Waals surface area contributed by atoms with E-state index < -0.39 is 42.7 Å². The number of fused-ring (bicyclic) bond motifs is 1. The Bertz CT molecular complexity index is 1230. The maximum absolute atomic E-state index is 13.6. The van der Waals surface area contributed by atoms with Crippen molar-refractivity contribution in [1.29, 1.82) is 0 Å². The van der Waals surface area contributed by atoms with Gasteiger partial charge in [-0.15, -0.1) is 0 Å². The molecule has 0 spiro atoms. The lowest BCUT2D eigenvalue weighted by atomic mass is 9.70. The predicted molar refractivity (Wildman–Crippen MR) is 124 cm³/mol. The van der Waals surface area contributed by atoms with Crippen LogP contribution in [0.4, 0.5) is 5.69 Å². The van der Waals surface area contributed by atoms with Crippen molar-refractivity contribution in [2.24, 2.45) is 0 Å². The minimum atomic E-state index is -1.61. The fourth-order valence-corrected chi connectivity index (χ4v) is 4.84. The molecule has 6 unspecified atom stereocenters.